The van der Waals surface area contributed by atoms with Crippen molar-refractivity contribution in [3.05, 3.63) is 193 Å². The summed E-state index contributed by atoms with van der Waals surface area (Å²) < 4.78 is 5.14. The molecule has 0 amide bonds. The molecule has 2 aromatic heterocycles. The maximum absolute atomic E-state index is 2.97. The summed E-state index contributed by atoms with van der Waals surface area (Å²) in [6, 6.07) is 69.5. The third kappa shape index (κ3) is 5.24. The second kappa shape index (κ2) is 12.8. The van der Waals surface area contributed by atoms with Crippen LogP contribution < -0.4 is 20.7 Å². The number of benzene rings is 8. The Kier molecular flexibility index (Phi) is 7.74. The normalized spacial score (nSPS) is 15.4. The lowest BCUT2D eigenvalue weighted by Crippen LogP contribution is -2.76. The summed E-state index contributed by atoms with van der Waals surface area (Å²) in [5, 5.41) is 10.8. The molecule has 2 nitrogen and oxygen atoms in total. The van der Waals surface area contributed by atoms with E-state index in [1.807, 2.05) is 0 Å². The van der Waals surface area contributed by atoms with Crippen LogP contribution in [0, 0.1) is 0 Å². The summed E-state index contributed by atoms with van der Waals surface area (Å²) in [4.78, 5) is 0. The number of hydrogen-bond donors (Lipinski definition) is 0. The Bertz CT molecular complexity index is 3190. The zero-order valence-corrected chi connectivity index (χ0v) is 35.7. The fraction of sp³-hybridized carbons (Fsp3) is 0.143. The Morgan fingerprint density at radius 3 is 1.54 bits per heavy atom. The van der Waals surface area contributed by atoms with Crippen LogP contribution in [0.2, 0.25) is 0 Å². The molecule has 0 spiro atoms. The molecule has 1 unspecified atom stereocenters. The molecule has 11 rings (SSSR count). The van der Waals surface area contributed by atoms with Gasteiger partial charge in [0.2, 0.25) is 0 Å². The molecular weight excluding hydrogens is 729 g/mol. The van der Waals surface area contributed by atoms with E-state index in [-0.39, 0.29) is 10.8 Å². The summed E-state index contributed by atoms with van der Waals surface area (Å²) in [7, 11) is -2.97. The molecule has 1 aliphatic heterocycles. The van der Waals surface area contributed by atoms with Crippen LogP contribution >= 0.6 is 0 Å². The van der Waals surface area contributed by atoms with Crippen molar-refractivity contribution in [3.63, 3.8) is 0 Å². The molecule has 0 fully saturated rings. The van der Waals surface area contributed by atoms with Crippen molar-refractivity contribution in [2.24, 2.45) is 0 Å². The van der Waals surface area contributed by atoms with Crippen molar-refractivity contribution in [2.45, 2.75) is 52.4 Å². The Hall–Kier alpha value is -6.42. The Balaban J connectivity index is 1.31. The molecule has 0 saturated heterocycles. The van der Waals surface area contributed by atoms with E-state index in [9.17, 15) is 0 Å². The van der Waals surface area contributed by atoms with Gasteiger partial charge in [-0.1, -0.05) is 175 Å². The highest BCUT2D eigenvalue weighted by Crippen LogP contribution is 2.41. The zero-order valence-electron chi connectivity index (χ0n) is 34.7. The molecule has 3 heteroatoms. The highest BCUT2D eigenvalue weighted by atomic mass is 28.3. The van der Waals surface area contributed by atoms with Gasteiger partial charge in [0.1, 0.15) is 0 Å². The first-order valence-corrected chi connectivity index (χ1v) is 23.0. The monoisotopic (exact) mass is 776 g/mol. The quantitative estimate of drug-likeness (QED) is 0.158. The Morgan fingerprint density at radius 1 is 0.373 bits per heavy atom. The van der Waals surface area contributed by atoms with Gasteiger partial charge in [-0.05, 0) is 102 Å². The van der Waals surface area contributed by atoms with Gasteiger partial charge in [-0.15, -0.1) is 0 Å². The van der Waals surface area contributed by atoms with Gasteiger partial charge >= 0.3 is 0 Å². The number of nitrogens with zero attached hydrogens (tertiary/aromatic N) is 2. The van der Waals surface area contributed by atoms with E-state index in [1.165, 1.54) is 98.0 Å². The molecule has 10 aromatic rings. The van der Waals surface area contributed by atoms with Crippen LogP contribution in [0.5, 0.6) is 0 Å². The van der Waals surface area contributed by atoms with Gasteiger partial charge in [0, 0.05) is 32.9 Å². The largest absolute Gasteiger partial charge is 0.309 e. The van der Waals surface area contributed by atoms with Gasteiger partial charge in [0.25, 0.3) is 0 Å². The highest BCUT2D eigenvalue weighted by molar-refractivity contribution is 7.21. The fourth-order valence-electron chi connectivity index (χ4n) is 10.1. The molecule has 0 bridgehead atoms. The molecule has 59 heavy (non-hydrogen) atoms. The van der Waals surface area contributed by atoms with Crippen LogP contribution in [-0.4, -0.2) is 17.2 Å². The lowest BCUT2D eigenvalue weighted by atomic mass is 9.85. The summed E-state index contributed by atoms with van der Waals surface area (Å²) >= 11 is 0. The lowest BCUT2D eigenvalue weighted by molar-refractivity contribution is 0.590. The third-order valence-electron chi connectivity index (χ3n) is 13.1. The molecule has 0 aliphatic carbocycles. The highest BCUT2D eigenvalue weighted by Gasteiger charge is 2.48. The standard InChI is InChI=1S/C56H48N2Si/c1-55(2,3)39-27-31-49-45(33-39)46-34-40(56(4,5)6)28-32-50(46)57(49)41-35-47-44-21-13-14-22-48(44)58-51-23-15-16-24-52(51)59(53(36-41)54(47)58,42-19-11-8-12-20-42)43-29-25-38(26-30-43)37-17-9-7-10-18-37/h7-36H,1-6H3. The van der Waals surface area contributed by atoms with E-state index in [0.717, 1.165) is 0 Å². The zero-order chi connectivity index (χ0) is 40.3. The lowest BCUT2D eigenvalue weighted by Gasteiger charge is -2.40. The second-order valence-electron chi connectivity index (χ2n) is 18.6. The minimum Gasteiger partial charge on any atom is -0.309 e. The van der Waals surface area contributed by atoms with Crippen LogP contribution in [0.4, 0.5) is 0 Å². The van der Waals surface area contributed by atoms with Crippen LogP contribution in [-0.2, 0) is 10.8 Å². The fourth-order valence-corrected chi connectivity index (χ4v) is 15.3. The van der Waals surface area contributed by atoms with E-state index in [4.69, 9.17) is 0 Å². The van der Waals surface area contributed by atoms with Crippen molar-refractivity contribution in [3.8, 4) is 22.5 Å². The summed E-state index contributed by atoms with van der Waals surface area (Å²) in [6.07, 6.45) is 0. The number of aromatic nitrogens is 2. The summed E-state index contributed by atoms with van der Waals surface area (Å²) in [6.45, 7) is 13.9. The summed E-state index contributed by atoms with van der Waals surface area (Å²) in [5.41, 5.74) is 12.8. The first-order valence-electron chi connectivity index (χ1n) is 21.0. The Labute approximate surface area is 348 Å². The molecule has 0 radical (unpaired) electrons. The van der Waals surface area contributed by atoms with Crippen LogP contribution in [0.3, 0.4) is 0 Å². The van der Waals surface area contributed by atoms with Crippen molar-refractivity contribution in [1.29, 1.82) is 0 Å². The topological polar surface area (TPSA) is 9.86 Å². The minimum absolute atomic E-state index is 0.0273. The van der Waals surface area contributed by atoms with Gasteiger partial charge in [-0.25, -0.2) is 0 Å². The average molecular weight is 777 g/mol. The Morgan fingerprint density at radius 2 is 0.898 bits per heavy atom. The number of para-hydroxylation sites is 2. The predicted molar refractivity (Wildman–Crippen MR) is 255 cm³/mol. The molecule has 286 valence electrons. The summed E-state index contributed by atoms with van der Waals surface area (Å²) in [5.74, 6) is 0. The van der Waals surface area contributed by atoms with Crippen molar-refractivity contribution >= 4 is 72.4 Å². The number of fused-ring (bicyclic) bond motifs is 8. The molecule has 0 saturated carbocycles. The number of rotatable bonds is 4. The van der Waals surface area contributed by atoms with Gasteiger partial charge in [0.15, 0.2) is 8.07 Å². The molecule has 0 N–H and O–H groups in total. The van der Waals surface area contributed by atoms with Gasteiger partial charge < -0.3 is 9.13 Å². The molecule has 3 heterocycles. The minimum atomic E-state index is -2.97. The van der Waals surface area contributed by atoms with Crippen LogP contribution in [0.25, 0.3) is 66.1 Å². The van der Waals surface area contributed by atoms with Gasteiger partial charge in [-0.2, -0.15) is 0 Å². The smallest absolute Gasteiger partial charge is 0.184 e. The van der Waals surface area contributed by atoms with Crippen molar-refractivity contribution in [2.75, 3.05) is 0 Å². The predicted octanol–water partition coefficient (Wildman–Crippen LogP) is 11.8. The van der Waals surface area contributed by atoms with Crippen LogP contribution in [0.1, 0.15) is 52.7 Å². The SMILES string of the molecule is CC(C)(C)c1ccc2c(c1)c1cc(C(C)(C)C)ccc1n2-c1cc2c3c(c1)c1ccccc1n3-c1ccccc1[Si]2(c1ccccc1)c1ccc(-c2ccccc2)cc1. The third-order valence-corrected chi connectivity index (χ3v) is 17.9. The van der Waals surface area contributed by atoms with Gasteiger partial charge in [-0.3, -0.25) is 0 Å². The van der Waals surface area contributed by atoms with E-state index >= 15 is 0 Å². The van der Waals surface area contributed by atoms with E-state index in [2.05, 4.69) is 233 Å². The average Bonchev–Trinajstić information content (AvgIpc) is 3.77. The molecule has 1 aliphatic rings. The van der Waals surface area contributed by atoms with Crippen molar-refractivity contribution < 1.29 is 0 Å². The maximum Gasteiger partial charge on any atom is 0.184 e. The van der Waals surface area contributed by atoms with E-state index in [0.29, 0.717) is 0 Å². The molecule has 1 atom stereocenters. The molecule has 8 aromatic carbocycles. The van der Waals surface area contributed by atoms with Crippen LogP contribution in [0.15, 0.2) is 182 Å². The molecular formula is C56H48N2Si. The maximum atomic E-state index is 2.59. The number of hydrogen-bond acceptors (Lipinski definition) is 0. The van der Waals surface area contributed by atoms with E-state index < -0.39 is 8.07 Å². The first kappa shape index (κ1) is 35.7. The van der Waals surface area contributed by atoms with Crippen molar-refractivity contribution in [1.82, 2.24) is 9.13 Å². The second-order valence-corrected chi connectivity index (χ2v) is 22.3. The van der Waals surface area contributed by atoms with E-state index in [1.54, 1.807) is 0 Å². The first-order chi connectivity index (χ1) is 28.5. The van der Waals surface area contributed by atoms with Gasteiger partial charge in [0.05, 0.1) is 22.1 Å².